The Balaban J connectivity index is 1.65. The number of carbonyl (C=O) groups is 1. The van der Waals surface area contributed by atoms with Gasteiger partial charge in [0.15, 0.2) is 11.5 Å². The summed E-state index contributed by atoms with van der Waals surface area (Å²) >= 11 is 0. The van der Waals surface area contributed by atoms with E-state index in [0.29, 0.717) is 34.6 Å². The molecule has 2 heterocycles. The number of benzene rings is 1. The fraction of sp³-hybridized carbons (Fsp3) is 0.500. The second-order valence-electron chi connectivity index (χ2n) is 6.83. The molecule has 3 rings (SSSR count). The predicted octanol–water partition coefficient (Wildman–Crippen LogP) is 2.49. The van der Waals surface area contributed by atoms with Gasteiger partial charge >= 0.3 is 17.9 Å². The van der Waals surface area contributed by atoms with Gasteiger partial charge < -0.3 is 19.7 Å². The first kappa shape index (κ1) is 21.5. The Bertz CT molecular complexity index is 977. The molecule has 1 aromatic heterocycles. The highest BCUT2D eigenvalue weighted by Gasteiger charge is 2.39. The van der Waals surface area contributed by atoms with Crippen LogP contribution in [-0.4, -0.2) is 52.6 Å². The lowest BCUT2D eigenvalue weighted by molar-refractivity contribution is -0.147. The third-order valence-electron chi connectivity index (χ3n) is 4.99. The van der Waals surface area contributed by atoms with Crippen LogP contribution in [-0.2, 0) is 13.2 Å². The molecule has 0 atom stereocenters. The number of urea groups is 1. The fourth-order valence-corrected chi connectivity index (χ4v) is 3.37. The lowest BCUT2D eigenvalue weighted by Gasteiger charge is -2.31. The van der Waals surface area contributed by atoms with Gasteiger partial charge in [0, 0.05) is 31.9 Å². The number of piperidine rings is 1. The Morgan fingerprint density at radius 2 is 1.80 bits per heavy atom. The van der Waals surface area contributed by atoms with Crippen molar-refractivity contribution in [2.45, 2.75) is 25.1 Å². The number of methoxy groups -OCH3 is 2. The van der Waals surface area contributed by atoms with Crippen LogP contribution in [0, 0.1) is 0 Å². The third-order valence-corrected chi connectivity index (χ3v) is 4.99. The maximum Gasteiger partial charge on any atom is 0.451 e. The van der Waals surface area contributed by atoms with Crippen LogP contribution >= 0.6 is 0 Å². The van der Waals surface area contributed by atoms with Crippen LogP contribution < -0.4 is 20.5 Å². The van der Waals surface area contributed by atoms with Crippen LogP contribution in [0.2, 0.25) is 0 Å². The molecule has 0 unspecified atom stereocenters. The number of ether oxygens (including phenoxy) is 2. The molecule has 0 radical (unpaired) electrons. The Kier molecular flexibility index (Phi) is 5.94. The summed E-state index contributed by atoms with van der Waals surface area (Å²) in [5.74, 6) is -0.250. The summed E-state index contributed by atoms with van der Waals surface area (Å²) in [6.07, 6.45) is -4.08. The van der Waals surface area contributed by atoms with Crippen LogP contribution in [0.4, 0.5) is 23.7 Å². The van der Waals surface area contributed by atoms with Crippen molar-refractivity contribution in [1.82, 2.24) is 19.2 Å². The summed E-state index contributed by atoms with van der Waals surface area (Å²) < 4.78 is 50.6. The van der Waals surface area contributed by atoms with E-state index in [0.717, 1.165) is 11.7 Å². The number of anilines is 1. The van der Waals surface area contributed by atoms with E-state index in [1.165, 1.54) is 19.1 Å². The van der Waals surface area contributed by atoms with Crippen molar-refractivity contribution < 1.29 is 27.4 Å². The van der Waals surface area contributed by atoms with Crippen LogP contribution in [0.3, 0.4) is 0 Å². The molecule has 0 bridgehead atoms. The van der Waals surface area contributed by atoms with Crippen molar-refractivity contribution >= 4 is 11.7 Å². The number of rotatable bonds is 4. The Morgan fingerprint density at radius 3 is 2.33 bits per heavy atom. The number of nitrogens with one attached hydrogen (secondary N) is 1. The monoisotopic (exact) mass is 429 g/mol. The summed E-state index contributed by atoms with van der Waals surface area (Å²) in [5.41, 5.74) is -0.314. The van der Waals surface area contributed by atoms with Gasteiger partial charge in [-0.3, -0.25) is 4.57 Å². The standard InChI is InChI=1S/C18H22F3N5O4/c1-24-15(18(19,20)21)23-26(17(24)28)12-6-8-25(9-7-12)16(27)22-11-4-5-13(29-2)14(10-11)30-3/h4-5,10,12H,6-9H2,1-3H3,(H,22,27). The third kappa shape index (κ3) is 4.21. The summed E-state index contributed by atoms with van der Waals surface area (Å²) in [5, 5.41) is 6.23. The highest BCUT2D eigenvalue weighted by molar-refractivity contribution is 5.89. The van der Waals surface area contributed by atoms with Crippen molar-refractivity contribution in [2.24, 2.45) is 7.05 Å². The van der Waals surface area contributed by atoms with Gasteiger partial charge in [0.1, 0.15) is 0 Å². The number of carbonyl (C=O) groups excluding carboxylic acids is 1. The minimum absolute atomic E-state index is 0.272. The molecule has 0 aliphatic carbocycles. The van der Waals surface area contributed by atoms with Gasteiger partial charge in [0.2, 0.25) is 5.82 Å². The molecule has 1 aliphatic rings. The number of hydrogen-bond acceptors (Lipinski definition) is 5. The molecule has 1 aliphatic heterocycles. The van der Waals surface area contributed by atoms with Crippen LogP contribution in [0.25, 0.3) is 0 Å². The van der Waals surface area contributed by atoms with Gasteiger partial charge in [-0.1, -0.05) is 0 Å². The summed E-state index contributed by atoms with van der Waals surface area (Å²) in [6, 6.07) is 4.08. The molecule has 12 heteroatoms. The smallest absolute Gasteiger partial charge is 0.451 e. The van der Waals surface area contributed by atoms with Crippen molar-refractivity contribution in [2.75, 3.05) is 32.6 Å². The molecule has 9 nitrogen and oxygen atoms in total. The molecule has 2 aromatic rings. The fourth-order valence-electron chi connectivity index (χ4n) is 3.37. The molecule has 0 spiro atoms. The van der Waals surface area contributed by atoms with Gasteiger partial charge in [0.05, 0.1) is 20.3 Å². The Hall–Kier alpha value is -3.18. The van der Waals surface area contributed by atoms with Gasteiger partial charge in [0.25, 0.3) is 0 Å². The van der Waals surface area contributed by atoms with E-state index in [1.54, 1.807) is 18.2 Å². The molecule has 1 saturated heterocycles. The molecular weight excluding hydrogens is 407 g/mol. The topological polar surface area (TPSA) is 90.6 Å². The number of nitrogens with zero attached hydrogens (tertiary/aromatic N) is 4. The SMILES string of the molecule is COc1ccc(NC(=O)N2CCC(n3nc(C(F)(F)F)n(C)c3=O)CC2)cc1OC. The van der Waals surface area contributed by atoms with Gasteiger partial charge in [-0.15, -0.1) is 5.10 Å². The Labute approximate surface area is 170 Å². The van der Waals surface area contributed by atoms with E-state index in [1.807, 2.05) is 0 Å². The predicted molar refractivity (Wildman–Crippen MR) is 101 cm³/mol. The van der Waals surface area contributed by atoms with E-state index in [4.69, 9.17) is 9.47 Å². The maximum atomic E-state index is 13.0. The minimum atomic E-state index is -4.71. The Morgan fingerprint density at radius 1 is 1.17 bits per heavy atom. The van der Waals surface area contributed by atoms with Crippen LogP contribution in [0.15, 0.2) is 23.0 Å². The van der Waals surface area contributed by atoms with Gasteiger partial charge in [-0.05, 0) is 25.0 Å². The first-order valence-electron chi connectivity index (χ1n) is 9.16. The second-order valence-corrected chi connectivity index (χ2v) is 6.83. The van der Waals surface area contributed by atoms with E-state index in [2.05, 4.69) is 10.4 Å². The molecule has 1 aromatic carbocycles. The largest absolute Gasteiger partial charge is 0.493 e. The summed E-state index contributed by atoms with van der Waals surface area (Å²) in [4.78, 5) is 26.2. The second kappa shape index (κ2) is 8.28. The van der Waals surface area contributed by atoms with E-state index in [9.17, 15) is 22.8 Å². The number of aromatic nitrogens is 3. The molecule has 1 N–H and O–H groups in total. The van der Waals surface area contributed by atoms with Crippen LogP contribution in [0.1, 0.15) is 24.7 Å². The zero-order chi connectivity index (χ0) is 22.1. The summed E-state index contributed by atoms with van der Waals surface area (Å²) in [7, 11) is 4.03. The van der Waals surface area contributed by atoms with Gasteiger partial charge in [-0.2, -0.15) is 13.2 Å². The molecule has 164 valence electrons. The van der Waals surface area contributed by atoms with Crippen molar-refractivity contribution in [1.29, 1.82) is 0 Å². The number of halogens is 3. The number of hydrogen-bond donors (Lipinski definition) is 1. The van der Waals surface area contributed by atoms with Crippen molar-refractivity contribution in [3.63, 3.8) is 0 Å². The number of alkyl halides is 3. The average Bonchev–Trinajstić information content (AvgIpc) is 3.03. The van der Waals surface area contributed by atoms with Crippen molar-refractivity contribution in [3.05, 3.63) is 34.5 Å². The zero-order valence-electron chi connectivity index (χ0n) is 16.7. The molecule has 2 amide bonds. The lowest BCUT2D eigenvalue weighted by atomic mass is 10.1. The van der Waals surface area contributed by atoms with E-state index in [-0.39, 0.29) is 19.1 Å². The molecule has 0 saturated carbocycles. The first-order chi connectivity index (χ1) is 14.2. The molecular formula is C18H22F3N5O4. The first-order valence-corrected chi connectivity index (χ1v) is 9.16. The minimum Gasteiger partial charge on any atom is -0.493 e. The van der Waals surface area contributed by atoms with Crippen LogP contribution in [0.5, 0.6) is 11.5 Å². The normalized spacial score (nSPS) is 15.2. The maximum absolute atomic E-state index is 13.0. The van der Waals surface area contributed by atoms with Crippen molar-refractivity contribution in [3.8, 4) is 11.5 Å². The highest BCUT2D eigenvalue weighted by atomic mass is 19.4. The number of amides is 2. The summed E-state index contributed by atoms with van der Waals surface area (Å²) in [6.45, 7) is 0.544. The molecule has 1 fully saturated rings. The van der Waals surface area contributed by atoms with E-state index < -0.39 is 23.7 Å². The zero-order valence-corrected chi connectivity index (χ0v) is 16.7. The molecule has 30 heavy (non-hydrogen) atoms. The van der Waals surface area contributed by atoms with E-state index >= 15 is 0 Å². The highest BCUT2D eigenvalue weighted by Crippen LogP contribution is 2.31. The lowest BCUT2D eigenvalue weighted by Crippen LogP contribution is -2.43. The quantitative estimate of drug-likeness (QED) is 0.807. The van der Waals surface area contributed by atoms with Gasteiger partial charge in [-0.25, -0.2) is 14.3 Å². The number of likely N-dealkylation sites (tertiary alicyclic amines) is 1. The average molecular weight is 429 g/mol.